The molecule has 0 fully saturated rings. The Bertz CT molecular complexity index is 2860. The number of hydrogen-bond acceptors (Lipinski definition) is 5. The molecular formula is C42H24N4S. The average molecular weight is 617 g/mol. The van der Waals surface area contributed by atoms with Crippen molar-refractivity contribution in [3.63, 3.8) is 0 Å². The van der Waals surface area contributed by atoms with E-state index in [0.29, 0.717) is 17.5 Å². The molecule has 0 aliphatic heterocycles. The van der Waals surface area contributed by atoms with Crippen molar-refractivity contribution in [1.29, 1.82) is 0 Å². The van der Waals surface area contributed by atoms with Crippen molar-refractivity contribution in [3.8, 4) is 34.2 Å². The van der Waals surface area contributed by atoms with Gasteiger partial charge in [0, 0.05) is 54.6 Å². The van der Waals surface area contributed by atoms with Gasteiger partial charge < -0.3 is 0 Å². The molecule has 10 aromatic rings. The quantitative estimate of drug-likeness (QED) is 0.185. The molecule has 0 bridgehead atoms. The summed E-state index contributed by atoms with van der Waals surface area (Å²) in [6.45, 7) is 0. The highest BCUT2D eigenvalue weighted by atomic mass is 32.1. The SMILES string of the molecule is c1ccc(-c2nc(-c3cccc4c3ccc3c5cnccc5sc43)nc(-c3cc4ccc5ccccc5c4c4ccccc34)n2)cc1. The Kier molecular flexibility index (Phi) is 5.71. The van der Waals surface area contributed by atoms with Crippen LogP contribution in [-0.2, 0) is 0 Å². The molecule has 0 amide bonds. The minimum atomic E-state index is 0.652. The maximum atomic E-state index is 5.26. The van der Waals surface area contributed by atoms with E-state index in [-0.39, 0.29) is 0 Å². The fourth-order valence-corrected chi connectivity index (χ4v) is 8.22. The third kappa shape index (κ3) is 4.07. The number of fused-ring (bicyclic) bond motifs is 10. The van der Waals surface area contributed by atoms with Crippen LogP contribution >= 0.6 is 11.3 Å². The molecule has 0 saturated heterocycles. The van der Waals surface area contributed by atoms with Gasteiger partial charge in [-0.1, -0.05) is 121 Å². The molecule has 4 nitrogen and oxygen atoms in total. The van der Waals surface area contributed by atoms with Gasteiger partial charge in [0.05, 0.1) is 0 Å². The lowest BCUT2D eigenvalue weighted by Crippen LogP contribution is -2.01. The summed E-state index contributed by atoms with van der Waals surface area (Å²) in [7, 11) is 0. The summed E-state index contributed by atoms with van der Waals surface area (Å²) in [4.78, 5) is 19.9. The average Bonchev–Trinajstić information content (AvgIpc) is 3.53. The van der Waals surface area contributed by atoms with E-state index in [1.54, 1.807) is 11.3 Å². The standard InChI is InChI=1S/C42H24N4S/c1-2-10-26(11-3-1)40-44-41(34-16-8-15-32-30(34)19-20-33-36-24-43-22-21-37(36)47-39(32)33)46-42(45-40)35-23-27-18-17-25-9-4-5-12-28(25)38(27)31-14-7-6-13-29(31)35/h1-24H. The first kappa shape index (κ1) is 26.2. The molecule has 5 heteroatoms. The summed E-state index contributed by atoms with van der Waals surface area (Å²) in [6.07, 6.45) is 3.83. The molecule has 3 aromatic heterocycles. The molecule has 10 rings (SSSR count). The van der Waals surface area contributed by atoms with E-state index in [1.807, 2.05) is 30.6 Å². The summed E-state index contributed by atoms with van der Waals surface area (Å²) < 4.78 is 2.48. The first-order valence-corrected chi connectivity index (χ1v) is 16.5. The van der Waals surface area contributed by atoms with Gasteiger partial charge in [-0.25, -0.2) is 15.0 Å². The van der Waals surface area contributed by atoms with E-state index in [4.69, 9.17) is 15.0 Å². The van der Waals surface area contributed by atoms with E-state index in [1.165, 1.54) is 47.1 Å². The highest BCUT2D eigenvalue weighted by Gasteiger charge is 2.19. The Morgan fingerprint density at radius 1 is 0.426 bits per heavy atom. The van der Waals surface area contributed by atoms with Crippen molar-refractivity contribution in [2.24, 2.45) is 0 Å². The molecule has 218 valence electrons. The van der Waals surface area contributed by atoms with Crippen LogP contribution in [0.3, 0.4) is 0 Å². The highest BCUT2D eigenvalue weighted by molar-refractivity contribution is 7.26. The van der Waals surface area contributed by atoms with Crippen LogP contribution in [0.2, 0.25) is 0 Å². The van der Waals surface area contributed by atoms with Crippen molar-refractivity contribution in [1.82, 2.24) is 19.9 Å². The van der Waals surface area contributed by atoms with Crippen LogP contribution in [0.1, 0.15) is 0 Å². The molecular weight excluding hydrogens is 593 g/mol. The number of aromatic nitrogens is 4. The molecule has 47 heavy (non-hydrogen) atoms. The molecule has 0 radical (unpaired) electrons. The number of hydrogen-bond donors (Lipinski definition) is 0. The van der Waals surface area contributed by atoms with Crippen LogP contribution < -0.4 is 0 Å². The molecule has 0 atom stereocenters. The van der Waals surface area contributed by atoms with Crippen molar-refractivity contribution < 1.29 is 0 Å². The van der Waals surface area contributed by atoms with Crippen LogP contribution in [0.4, 0.5) is 0 Å². The maximum absolute atomic E-state index is 5.26. The summed E-state index contributed by atoms with van der Waals surface area (Å²) in [5, 5.41) is 11.9. The predicted octanol–water partition coefficient (Wildman–Crippen LogP) is 11.2. The number of pyridine rings is 1. The van der Waals surface area contributed by atoms with Crippen LogP contribution in [0.15, 0.2) is 146 Å². The Morgan fingerprint density at radius 3 is 1.98 bits per heavy atom. The van der Waals surface area contributed by atoms with Crippen molar-refractivity contribution in [2.45, 2.75) is 0 Å². The monoisotopic (exact) mass is 616 g/mol. The molecule has 7 aromatic carbocycles. The van der Waals surface area contributed by atoms with Crippen LogP contribution in [0.5, 0.6) is 0 Å². The lowest BCUT2D eigenvalue weighted by molar-refractivity contribution is 1.08. The van der Waals surface area contributed by atoms with Gasteiger partial charge in [-0.3, -0.25) is 4.98 Å². The van der Waals surface area contributed by atoms with E-state index in [9.17, 15) is 0 Å². The minimum absolute atomic E-state index is 0.652. The van der Waals surface area contributed by atoms with Gasteiger partial charge in [-0.2, -0.15) is 0 Å². The lowest BCUT2D eigenvalue weighted by Gasteiger charge is -2.14. The summed E-state index contributed by atoms with van der Waals surface area (Å²) in [5.41, 5.74) is 2.92. The first-order valence-electron chi connectivity index (χ1n) is 15.6. The van der Waals surface area contributed by atoms with Crippen molar-refractivity contribution in [2.75, 3.05) is 0 Å². The van der Waals surface area contributed by atoms with Crippen LogP contribution in [-0.4, -0.2) is 19.9 Å². The van der Waals surface area contributed by atoms with E-state index in [2.05, 4.69) is 120 Å². The zero-order chi connectivity index (χ0) is 30.9. The molecule has 0 aliphatic carbocycles. The topological polar surface area (TPSA) is 51.6 Å². The molecule has 0 spiro atoms. The van der Waals surface area contributed by atoms with Crippen LogP contribution in [0, 0.1) is 0 Å². The molecule has 0 unspecified atom stereocenters. The smallest absolute Gasteiger partial charge is 0.164 e. The first-order chi connectivity index (χ1) is 23.3. The maximum Gasteiger partial charge on any atom is 0.164 e. The second-order valence-corrected chi connectivity index (χ2v) is 12.9. The van der Waals surface area contributed by atoms with Gasteiger partial charge in [-0.15, -0.1) is 11.3 Å². The largest absolute Gasteiger partial charge is 0.264 e. The second-order valence-electron chi connectivity index (χ2n) is 11.8. The normalized spacial score (nSPS) is 11.8. The third-order valence-corrected chi connectivity index (χ3v) is 10.4. The highest BCUT2D eigenvalue weighted by Crippen LogP contribution is 2.42. The Balaban J connectivity index is 1.27. The minimum Gasteiger partial charge on any atom is -0.264 e. The molecule has 0 saturated carbocycles. The molecule has 0 N–H and O–H groups in total. The fourth-order valence-electron chi connectivity index (χ4n) is 7.03. The van der Waals surface area contributed by atoms with Crippen molar-refractivity contribution in [3.05, 3.63) is 146 Å². The van der Waals surface area contributed by atoms with Gasteiger partial charge in [0.15, 0.2) is 17.5 Å². The summed E-state index contributed by atoms with van der Waals surface area (Å²) in [5.74, 6) is 1.97. The number of benzene rings is 7. The zero-order valence-corrected chi connectivity index (χ0v) is 25.9. The van der Waals surface area contributed by atoms with Gasteiger partial charge in [0.2, 0.25) is 0 Å². The van der Waals surface area contributed by atoms with Gasteiger partial charge >= 0.3 is 0 Å². The molecule has 0 aliphatic rings. The predicted molar refractivity (Wildman–Crippen MR) is 197 cm³/mol. The van der Waals surface area contributed by atoms with Gasteiger partial charge in [0.25, 0.3) is 0 Å². The lowest BCUT2D eigenvalue weighted by atomic mass is 9.93. The third-order valence-electron chi connectivity index (χ3n) is 9.19. The zero-order valence-electron chi connectivity index (χ0n) is 25.1. The molecule has 3 heterocycles. The summed E-state index contributed by atoms with van der Waals surface area (Å²) >= 11 is 1.81. The second kappa shape index (κ2) is 10.2. The van der Waals surface area contributed by atoms with Crippen LogP contribution in [0.25, 0.3) is 97.4 Å². The number of nitrogens with zero attached hydrogens (tertiary/aromatic N) is 4. The Labute approximate surface area is 273 Å². The van der Waals surface area contributed by atoms with E-state index in [0.717, 1.165) is 32.8 Å². The Morgan fingerprint density at radius 2 is 1.09 bits per heavy atom. The van der Waals surface area contributed by atoms with Gasteiger partial charge in [-0.05, 0) is 49.8 Å². The van der Waals surface area contributed by atoms with Gasteiger partial charge in [0.1, 0.15) is 0 Å². The number of rotatable bonds is 3. The number of thiophene rings is 1. The Hall–Kier alpha value is -6.04. The summed E-state index contributed by atoms with van der Waals surface area (Å²) in [6, 6.07) is 47.0. The van der Waals surface area contributed by atoms with Crippen molar-refractivity contribution >= 4 is 74.6 Å². The van der Waals surface area contributed by atoms with E-state index >= 15 is 0 Å². The fraction of sp³-hybridized carbons (Fsp3) is 0. The van der Waals surface area contributed by atoms with E-state index < -0.39 is 0 Å².